The van der Waals surface area contributed by atoms with Gasteiger partial charge < -0.3 is 19.1 Å². The molecule has 0 bridgehead atoms. The number of halogens is 1. The van der Waals surface area contributed by atoms with E-state index < -0.39 is 0 Å². The standard InChI is InChI=1S/C24H28ClN3O4/c1-5-13-27(23(29)16-30-3)15-22-17(2)26-28(19-8-6-7-18(25)14-19)24(22)32-21-11-9-20(31-4)10-12-21/h6-12,14H,5,13,15-16H2,1-4H3. The van der Waals surface area contributed by atoms with Gasteiger partial charge in [-0.3, -0.25) is 4.79 Å². The van der Waals surface area contributed by atoms with E-state index in [1.54, 1.807) is 22.8 Å². The summed E-state index contributed by atoms with van der Waals surface area (Å²) in [6.07, 6.45) is 0.825. The third-order valence-corrected chi connectivity index (χ3v) is 5.16. The summed E-state index contributed by atoms with van der Waals surface area (Å²) in [5.41, 5.74) is 2.35. The van der Waals surface area contributed by atoms with Crippen LogP contribution in [0.5, 0.6) is 17.4 Å². The molecule has 0 aliphatic carbocycles. The lowest BCUT2D eigenvalue weighted by Gasteiger charge is -2.22. The molecule has 8 heteroatoms. The molecule has 32 heavy (non-hydrogen) atoms. The molecule has 170 valence electrons. The third-order valence-electron chi connectivity index (χ3n) is 4.93. The van der Waals surface area contributed by atoms with Crippen molar-refractivity contribution >= 4 is 17.5 Å². The van der Waals surface area contributed by atoms with Gasteiger partial charge in [-0.1, -0.05) is 24.6 Å². The van der Waals surface area contributed by atoms with E-state index in [-0.39, 0.29) is 12.5 Å². The number of hydrogen-bond acceptors (Lipinski definition) is 5. The number of rotatable bonds is 10. The van der Waals surface area contributed by atoms with Gasteiger partial charge in [-0.05, 0) is 55.8 Å². The van der Waals surface area contributed by atoms with Crippen molar-refractivity contribution in [2.45, 2.75) is 26.8 Å². The Morgan fingerprint density at radius 1 is 1.12 bits per heavy atom. The van der Waals surface area contributed by atoms with Crippen molar-refractivity contribution in [2.24, 2.45) is 0 Å². The topological polar surface area (TPSA) is 65.8 Å². The van der Waals surface area contributed by atoms with E-state index in [2.05, 4.69) is 0 Å². The molecule has 3 aromatic rings. The second kappa shape index (κ2) is 11.0. The summed E-state index contributed by atoms with van der Waals surface area (Å²) in [4.78, 5) is 14.4. The first-order chi connectivity index (χ1) is 15.5. The van der Waals surface area contributed by atoms with E-state index in [1.807, 2.05) is 56.3 Å². The largest absolute Gasteiger partial charge is 0.497 e. The lowest BCUT2D eigenvalue weighted by molar-refractivity contribution is -0.135. The lowest BCUT2D eigenvalue weighted by atomic mass is 10.2. The summed E-state index contributed by atoms with van der Waals surface area (Å²) in [7, 11) is 3.13. The molecular formula is C24H28ClN3O4. The molecule has 3 rings (SSSR count). The predicted octanol–water partition coefficient (Wildman–Crippen LogP) is 5.02. The molecule has 0 unspecified atom stereocenters. The quantitative estimate of drug-likeness (QED) is 0.427. The number of nitrogens with zero attached hydrogens (tertiary/aromatic N) is 3. The average Bonchev–Trinajstić information content (AvgIpc) is 3.09. The van der Waals surface area contributed by atoms with Crippen LogP contribution in [0, 0.1) is 6.92 Å². The summed E-state index contributed by atoms with van der Waals surface area (Å²) in [5.74, 6) is 1.80. The van der Waals surface area contributed by atoms with Crippen LogP contribution in [0.25, 0.3) is 5.69 Å². The van der Waals surface area contributed by atoms with Gasteiger partial charge in [-0.15, -0.1) is 0 Å². The Morgan fingerprint density at radius 2 is 1.84 bits per heavy atom. The van der Waals surface area contributed by atoms with Gasteiger partial charge in [0.05, 0.1) is 30.6 Å². The molecule has 2 aromatic carbocycles. The Hall–Kier alpha value is -3.03. The second-order valence-electron chi connectivity index (χ2n) is 7.29. The molecule has 7 nitrogen and oxygen atoms in total. The average molecular weight is 458 g/mol. The summed E-state index contributed by atoms with van der Waals surface area (Å²) in [5, 5.41) is 5.30. The predicted molar refractivity (Wildman–Crippen MR) is 124 cm³/mol. The monoisotopic (exact) mass is 457 g/mol. The maximum absolute atomic E-state index is 12.6. The fourth-order valence-corrected chi connectivity index (χ4v) is 3.52. The van der Waals surface area contributed by atoms with Gasteiger partial charge in [0.2, 0.25) is 11.8 Å². The zero-order chi connectivity index (χ0) is 23.1. The van der Waals surface area contributed by atoms with Crippen molar-refractivity contribution < 1.29 is 19.0 Å². The Morgan fingerprint density at radius 3 is 2.47 bits per heavy atom. The highest BCUT2D eigenvalue weighted by Gasteiger charge is 2.23. The van der Waals surface area contributed by atoms with Crippen LogP contribution in [-0.2, 0) is 16.1 Å². The van der Waals surface area contributed by atoms with Gasteiger partial charge in [-0.25, -0.2) is 4.68 Å². The summed E-state index contributed by atoms with van der Waals surface area (Å²) >= 11 is 6.23. The molecule has 0 N–H and O–H groups in total. The summed E-state index contributed by atoms with van der Waals surface area (Å²) < 4.78 is 18.3. The Balaban J connectivity index is 2.05. The van der Waals surface area contributed by atoms with Crippen LogP contribution in [-0.4, -0.2) is 48.0 Å². The van der Waals surface area contributed by atoms with Gasteiger partial charge in [0.1, 0.15) is 18.1 Å². The number of aromatic nitrogens is 2. The number of hydrogen-bond donors (Lipinski definition) is 0. The molecule has 0 aliphatic rings. The normalized spacial score (nSPS) is 10.8. The maximum atomic E-state index is 12.6. The number of aryl methyl sites for hydroxylation is 1. The highest BCUT2D eigenvalue weighted by atomic mass is 35.5. The Kier molecular flexibility index (Phi) is 8.14. The van der Waals surface area contributed by atoms with Gasteiger partial charge in [0, 0.05) is 18.7 Å². The lowest BCUT2D eigenvalue weighted by Crippen LogP contribution is -2.34. The minimum absolute atomic E-state index is 0.0240. The van der Waals surface area contributed by atoms with Gasteiger partial charge in [-0.2, -0.15) is 5.10 Å². The van der Waals surface area contributed by atoms with Crippen LogP contribution >= 0.6 is 11.6 Å². The van der Waals surface area contributed by atoms with Crippen molar-refractivity contribution in [1.82, 2.24) is 14.7 Å². The molecule has 0 spiro atoms. The number of carbonyl (C=O) groups is 1. The van der Waals surface area contributed by atoms with E-state index in [0.717, 1.165) is 29.1 Å². The second-order valence-corrected chi connectivity index (χ2v) is 7.72. The smallest absolute Gasteiger partial charge is 0.248 e. The van der Waals surface area contributed by atoms with Crippen molar-refractivity contribution in [3.8, 4) is 23.1 Å². The highest BCUT2D eigenvalue weighted by molar-refractivity contribution is 6.30. The zero-order valence-corrected chi connectivity index (χ0v) is 19.6. The van der Waals surface area contributed by atoms with E-state index >= 15 is 0 Å². The third kappa shape index (κ3) is 5.60. The highest BCUT2D eigenvalue weighted by Crippen LogP contribution is 2.33. The van der Waals surface area contributed by atoms with E-state index in [1.165, 1.54) is 7.11 Å². The number of carbonyl (C=O) groups excluding carboxylic acids is 1. The molecule has 0 radical (unpaired) electrons. The molecule has 0 saturated heterocycles. The number of methoxy groups -OCH3 is 2. The summed E-state index contributed by atoms with van der Waals surface area (Å²) in [6, 6.07) is 14.7. The molecular weight excluding hydrogens is 430 g/mol. The van der Waals surface area contributed by atoms with Crippen LogP contribution < -0.4 is 9.47 Å². The van der Waals surface area contributed by atoms with Gasteiger partial charge in [0.25, 0.3) is 0 Å². The van der Waals surface area contributed by atoms with Crippen LogP contribution in [0.2, 0.25) is 5.02 Å². The van der Waals surface area contributed by atoms with Gasteiger partial charge in [0.15, 0.2) is 0 Å². The molecule has 1 heterocycles. The zero-order valence-electron chi connectivity index (χ0n) is 18.8. The van der Waals surface area contributed by atoms with Gasteiger partial charge >= 0.3 is 0 Å². The van der Waals surface area contributed by atoms with E-state index in [4.69, 9.17) is 30.9 Å². The summed E-state index contributed by atoms with van der Waals surface area (Å²) in [6.45, 7) is 4.92. The van der Waals surface area contributed by atoms with Crippen molar-refractivity contribution in [3.63, 3.8) is 0 Å². The molecule has 0 atom stereocenters. The van der Waals surface area contributed by atoms with Crippen LogP contribution in [0.4, 0.5) is 0 Å². The molecule has 1 aromatic heterocycles. The van der Waals surface area contributed by atoms with E-state index in [9.17, 15) is 4.79 Å². The minimum Gasteiger partial charge on any atom is -0.497 e. The Labute approximate surface area is 193 Å². The molecule has 0 fully saturated rings. The Bertz CT molecular complexity index is 1050. The minimum atomic E-state index is -0.0837. The number of ether oxygens (including phenoxy) is 3. The first-order valence-corrected chi connectivity index (χ1v) is 10.8. The molecule has 0 saturated carbocycles. The fourth-order valence-electron chi connectivity index (χ4n) is 3.33. The molecule has 1 amide bonds. The fraction of sp³-hybridized carbons (Fsp3) is 0.333. The first kappa shape index (κ1) is 23.6. The van der Waals surface area contributed by atoms with Crippen molar-refractivity contribution in [3.05, 3.63) is 64.8 Å². The first-order valence-electron chi connectivity index (χ1n) is 10.4. The van der Waals surface area contributed by atoms with Crippen LogP contribution in [0.15, 0.2) is 48.5 Å². The number of amides is 1. The van der Waals surface area contributed by atoms with Crippen molar-refractivity contribution in [2.75, 3.05) is 27.4 Å². The van der Waals surface area contributed by atoms with E-state index in [0.29, 0.717) is 29.7 Å². The van der Waals surface area contributed by atoms with Crippen LogP contribution in [0.1, 0.15) is 24.6 Å². The SMILES string of the molecule is CCCN(Cc1c(C)nn(-c2cccc(Cl)c2)c1Oc1ccc(OC)cc1)C(=O)COC. The van der Waals surface area contributed by atoms with Crippen molar-refractivity contribution in [1.29, 1.82) is 0 Å². The van der Waals surface area contributed by atoms with Crippen LogP contribution in [0.3, 0.4) is 0 Å². The number of benzene rings is 2. The maximum Gasteiger partial charge on any atom is 0.248 e. The molecule has 0 aliphatic heterocycles.